The number of nitrogens with zero attached hydrogens (tertiary/aromatic N) is 1. The molecule has 4 amide bonds. The van der Waals surface area contributed by atoms with Crippen molar-refractivity contribution in [3.63, 3.8) is 0 Å². The van der Waals surface area contributed by atoms with E-state index in [4.69, 9.17) is 16.7 Å². The highest BCUT2D eigenvalue weighted by molar-refractivity contribution is 6.34. The van der Waals surface area contributed by atoms with Crippen LogP contribution in [0.5, 0.6) is 0 Å². The van der Waals surface area contributed by atoms with Gasteiger partial charge in [0.1, 0.15) is 11.5 Å². The monoisotopic (exact) mass is 502 g/mol. The quantitative estimate of drug-likeness (QED) is 0.246. The van der Waals surface area contributed by atoms with Crippen molar-refractivity contribution in [1.29, 1.82) is 0 Å². The number of carbonyl (C=O) groups excluding carboxylic acids is 3. The van der Waals surface area contributed by atoms with E-state index < -0.39 is 29.6 Å². The molecule has 3 rings (SSSR count). The molecular weight excluding hydrogens is 483 g/mol. The minimum absolute atomic E-state index is 0.0258. The average molecular weight is 503 g/mol. The Bertz CT molecular complexity index is 1250. The lowest BCUT2D eigenvalue weighted by Gasteiger charge is -2.09. The second kappa shape index (κ2) is 11.6. The highest BCUT2D eigenvalue weighted by Gasteiger charge is 2.20. The maximum Gasteiger partial charge on any atom is 0.404 e. The van der Waals surface area contributed by atoms with Crippen LogP contribution < -0.4 is 21.3 Å². The molecule has 6 N–H and O–H groups in total. The number of carboxylic acid groups (broad SMARTS) is 1. The van der Waals surface area contributed by atoms with Gasteiger partial charge in [-0.05, 0) is 48.9 Å². The third kappa shape index (κ3) is 7.01. The standard InChI is InChI=1S/C22H20ClFN6O5/c23-16-10-12(24)2-7-15(16)19(31)29-13-3-5-14(6-4-13)30-21(33)18-17(27-11-28-18)20(32)25-8-1-9-26-22(34)35/h2-7,10-11,26H,1,8-9H2,(H,25,32)(H,27,28)(H,29,31)(H,30,33)(H,34,35). The lowest BCUT2D eigenvalue weighted by Crippen LogP contribution is -2.30. The van der Waals surface area contributed by atoms with Crippen LogP contribution in [0.15, 0.2) is 48.8 Å². The van der Waals surface area contributed by atoms with Gasteiger partial charge in [0, 0.05) is 24.5 Å². The number of benzene rings is 2. The third-order valence-electron chi connectivity index (χ3n) is 4.57. The number of aromatic amines is 1. The highest BCUT2D eigenvalue weighted by Crippen LogP contribution is 2.20. The van der Waals surface area contributed by atoms with Crippen LogP contribution in [0.25, 0.3) is 0 Å². The second-order valence-electron chi connectivity index (χ2n) is 7.08. The second-order valence-corrected chi connectivity index (χ2v) is 7.48. The number of hydrogen-bond donors (Lipinski definition) is 6. The van der Waals surface area contributed by atoms with Gasteiger partial charge in [-0.25, -0.2) is 14.2 Å². The topological polar surface area (TPSA) is 165 Å². The zero-order chi connectivity index (χ0) is 25.4. The van der Waals surface area contributed by atoms with Gasteiger partial charge in [-0.2, -0.15) is 0 Å². The molecule has 0 saturated heterocycles. The number of aromatic nitrogens is 2. The van der Waals surface area contributed by atoms with Gasteiger partial charge < -0.3 is 31.4 Å². The normalized spacial score (nSPS) is 10.3. The zero-order valence-corrected chi connectivity index (χ0v) is 18.8. The molecule has 0 spiro atoms. The molecule has 0 fully saturated rings. The van der Waals surface area contributed by atoms with Crippen molar-refractivity contribution in [2.75, 3.05) is 23.7 Å². The fourth-order valence-electron chi connectivity index (χ4n) is 2.91. The van der Waals surface area contributed by atoms with Gasteiger partial charge in [0.2, 0.25) is 0 Å². The number of anilines is 2. The van der Waals surface area contributed by atoms with E-state index in [1.807, 2.05) is 0 Å². The van der Waals surface area contributed by atoms with E-state index in [1.54, 1.807) is 0 Å². The Morgan fingerprint density at radius 1 is 0.914 bits per heavy atom. The molecule has 0 aliphatic rings. The lowest BCUT2D eigenvalue weighted by atomic mass is 10.2. The molecule has 1 aromatic heterocycles. The van der Waals surface area contributed by atoms with E-state index in [-0.39, 0.29) is 35.1 Å². The minimum atomic E-state index is -1.16. The Labute approximate surface area is 203 Å². The van der Waals surface area contributed by atoms with E-state index in [0.717, 1.165) is 12.1 Å². The van der Waals surface area contributed by atoms with Gasteiger partial charge in [0.15, 0.2) is 5.69 Å². The first-order valence-corrected chi connectivity index (χ1v) is 10.6. The molecule has 35 heavy (non-hydrogen) atoms. The molecule has 0 aliphatic carbocycles. The van der Waals surface area contributed by atoms with Gasteiger partial charge in [-0.1, -0.05) is 11.6 Å². The Morgan fingerprint density at radius 2 is 1.54 bits per heavy atom. The van der Waals surface area contributed by atoms with Crippen LogP contribution in [0.4, 0.5) is 20.6 Å². The molecule has 0 atom stereocenters. The Morgan fingerprint density at radius 3 is 2.17 bits per heavy atom. The van der Waals surface area contributed by atoms with Gasteiger partial charge >= 0.3 is 6.09 Å². The molecule has 2 aromatic carbocycles. The summed E-state index contributed by atoms with van der Waals surface area (Å²) in [6.45, 7) is 0.356. The van der Waals surface area contributed by atoms with Crippen LogP contribution in [0.1, 0.15) is 37.8 Å². The van der Waals surface area contributed by atoms with Crippen molar-refractivity contribution in [3.05, 3.63) is 76.6 Å². The fraction of sp³-hybridized carbons (Fsp3) is 0.136. The molecule has 13 heteroatoms. The third-order valence-corrected chi connectivity index (χ3v) is 4.89. The molecule has 0 bridgehead atoms. The summed E-state index contributed by atoms with van der Waals surface area (Å²) < 4.78 is 13.2. The first kappa shape index (κ1) is 25.2. The van der Waals surface area contributed by atoms with Gasteiger partial charge in [0.25, 0.3) is 17.7 Å². The van der Waals surface area contributed by atoms with Crippen molar-refractivity contribution in [2.45, 2.75) is 6.42 Å². The average Bonchev–Trinajstić information content (AvgIpc) is 3.30. The number of hydrogen-bond acceptors (Lipinski definition) is 5. The van der Waals surface area contributed by atoms with Crippen LogP contribution >= 0.6 is 11.6 Å². The van der Waals surface area contributed by atoms with Crippen LogP contribution in [0.2, 0.25) is 5.02 Å². The minimum Gasteiger partial charge on any atom is -0.465 e. The summed E-state index contributed by atoms with van der Waals surface area (Å²) in [5.74, 6) is -2.30. The highest BCUT2D eigenvalue weighted by atomic mass is 35.5. The molecule has 3 aromatic rings. The summed E-state index contributed by atoms with van der Waals surface area (Å²) in [5, 5.41) is 18.5. The first-order valence-electron chi connectivity index (χ1n) is 10.2. The van der Waals surface area contributed by atoms with Crippen LogP contribution in [-0.2, 0) is 0 Å². The summed E-state index contributed by atoms with van der Waals surface area (Å²) in [6, 6.07) is 9.56. The predicted octanol–water partition coefficient (Wildman–Crippen LogP) is 3.09. The molecule has 0 aliphatic heterocycles. The first-order chi connectivity index (χ1) is 16.7. The summed E-state index contributed by atoms with van der Waals surface area (Å²) in [6.07, 6.45) is 0.412. The Hall–Kier alpha value is -4.45. The van der Waals surface area contributed by atoms with E-state index in [1.165, 1.54) is 36.7 Å². The molecular formula is C22H20ClFN6O5. The van der Waals surface area contributed by atoms with E-state index in [0.29, 0.717) is 17.8 Å². The molecule has 182 valence electrons. The number of H-pyrrole nitrogens is 1. The van der Waals surface area contributed by atoms with Crippen molar-refractivity contribution in [2.24, 2.45) is 0 Å². The largest absolute Gasteiger partial charge is 0.465 e. The Balaban J connectivity index is 1.56. The van der Waals surface area contributed by atoms with Crippen molar-refractivity contribution in [1.82, 2.24) is 20.6 Å². The number of halogens is 2. The fourth-order valence-corrected chi connectivity index (χ4v) is 3.17. The van der Waals surface area contributed by atoms with E-state index in [2.05, 4.69) is 31.2 Å². The SMILES string of the molecule is O=C(O)NCCCNC(=O)c1[nH]cnc1C(=O)Nc1ccc(NC(=O)c2ccc(F)cc2Cl)cc1. The number of imidazole rings is 1. The molecule has 1 heterocycles. The van der Waals surface area contributed by atoms with Crippen molar-refractivity contribution >= 4 is 46.8 Å². The van der Waals surface area contributed by atoms with Gasteiger partial charge in [-0.15, -0.1) is 0 Å². The summed E-state index contributed by atoms with van der Waals surface area (Å²) in [7, 11) is 0. The van der Waals surface area contributed by atoms with Crippen LogP contribution in [0, 0.1) is 5.82 Å². The molecule has 0 saturated carbocycles. The van der Waals surface area contributed by atoms with E-state index in [9.17, 15) is 23.6 Å². The molecule has 0 radical (unpaired) electrons. The zero-order valence-electron chi connectivity index (χ0n) is 18.0. The maximum atomic E-state index is 13.2. The van der Waals surface area contributed by atoms with Crippen molar-refractivity contribution in [3.8, 4) is 0 Å². The smallest absolute Gasteiger partial charge is 0.404 e. The lowest BCUT2D eigenvalue weighted by molar-refractivity contribution is 0.0935. The summed E-state index contributed by atoms with van der Waals surface area (Å²) in [4.78, 5) is 54.2. The van der Waals surface area contributed by atoms with E-state index >= 15 is 0 Å². The molecule has 0 unspecified atom stereocenters. The number of amides is 4. The summed E-state index contributed by atoms with van der Waals surface area (Å²) >= 11 is 5.90. The molecule has 11 nitrogen and oxygen atoms in total. The van der Waals surface area contributed by atoms with Crippen LogP contribution in [-0.4, -0.2) is 52.0 Å². The van der Waals surface area contributed by atoms with Crippen molar-refractivity contribution < 1.29 is 28.7 Å². The maximum absolute atomic E-state index is 13.2. The summed E-state index contributed by atoms with van der Waals surface area (Å²) in [5.41, 5.74) is 0.712. The number of carbonyl (C=O) groups is 4. The van der Waals surface area contributed by atoms with Crippen LogP contribution in [0.3, 0.4) is 0 Å². The van der Waals surface area contributed by atoms with Gasteiger partial charge in [0.05, 0.1) is 16.9 Å². The van der Waals surface area contributed by atoms with Gasteiger partial charge in [-0.3, -0.25) is 14.4 Å². The number of nitrogens with one attached hydrogen (secondary N) is 5. The predicted molar refractivity (Wildman–Crippen MR) is 125 cm³/mol. The number of rotatable bonds is 9. The Kier molecular flexibility index (Phi) is 8.35.